The van der Waals surface area contributed by atoms with Crippen LogP contribution >= 0.6 is 0 Å². The molecule has 1 fully saturated rings. The lowest BCUT2D eigenvalue weighted by Gasteiger charge is -2.32. The molecule has 1 aliphatic rings. The van der Waals surface area contributed by atoms with Crippen molar-refractivity contribution in [1.29, 1.82) is 0 Å². The van der Waals surface area contributed by atoms with Gasteiger partial charge in [0.25, 0.3) is 0 Å². The first-order chi connectivity index (χ1) is 17.6. The van der Waals surface area contributed by atoms with Gasteiger partial charge in [-0.2, -0.15) is 5.10 Å². The number of nitrogens with zero attached hydrogens (tertiary/aromatic N) is 6. The third-order valence-electron chi connectivity index (χ3n) is 6.73. The highest BCUT2D eigenvalue weighted by atomic mass is 19.1. The number of benzene rings is 2. The predicted molar refractivity (Wildman–Crippen MR) is 133 cm³/mol. The first-order valence-corrected chi connectivity index (χ1v) is 11.8. The highest BCUT2D eigenvalue weighted by Gasteiger charge is 2.25. The number of nitrogens with one attached hydrogen (secondary N) is 1. The minimum Gasteiger partial charge on any atom is -0.298 e. The second-order valence-corrected chi connectivity index (χ2v) is 9.06. The van der Waals surface area contributed by atoms with Gasteiger partial charge in [-0.15, -0.1) is 5.10 Å². The highest BCUT2D eigenvalue weighted by molar-refractivity contribution is 5.94. The van der Waals surface area contributed by atoms with Gasteiger partial charge in [-0.3, -0.25) is 15.0 Å². The SMILES string of the molecule is [2H]C(c1c(C)cccc1F)N1CCC[C@@H](c2cn(-c3ccc4[nH]nc(-c5ccncc5)c4c3)nn2)C1. The van der Waals surface area contributed by atoms with Crippen LogP contribution in [0.4, 0.5) is 4.39 Å². The largest absolute Gasteiger partial charge is 0.298 e. The van der Waals surface area contributed by atoms with Crippen LogP contribution in [0.15, 0.2) is 67.1 Å². The first-order valence-electron chi connectivity index (χ1n) is 12.4. The quantitative estimate of drug-likeness (QED) is 0.391. The van der Waals surface area contributed by atoms with Crippen molar-refractivity contribution in [2.45, 2.75) is 32.2 Å². The van der Waals surface area contributed by atoms with Crippen LogP contribution in [0.2, 0.25) is 0 Å². The number of H-pyrrole nitrogens is 1. The van der Waals surface area contributed by atoms with Crippen LogP contribution in [0, 0.1) is 12.7 Å². The summed E-state index contributed by atoms with van der Waals surface area (Å²) in [5.74, 6) is -0.179. The lowest BCUT2D eigenvalue weighted by Crippen LogP contribution is -2.34. The molecule has 176 valence electrons. The van der Waals surface area contributed by atoms with Crippen LogP contribution in [-0.2, 0) is 6.52 Å². The molecule has 1 N–H and O–H groups in total. The van der Waals surface area contributed by atoms with E-state index in [1.807, 2.05) is 48.4 Å². The van der Waals surface area contributed by atoms with Crippen molar-refractivity contribution in [2.24, 2.45) is 0 Å². The van der Waals surface area contributed by atoms with Gasteiger partial charge >= 0.3 is 0 Å². The molecule has 2 aromatic carbocycles. The van der Waals surface area contributed by atoms with E-state index >= 15 is 0 Å². The standard InChI is InChI=1S/C27H26FN7/c1-18-4-2-6-24(28)23(18)16-34-13-3-5-20(15-34)26-17-35(33-31-26)21-7-8-25-22(14-21)27(32-30-25)19-9-11-29-12-10-19/h2,4,6-12,14,17,20H,3,5,13,15-16H2,1H3,(H,30,32)/t20-/m1/s1/i16D/t16?,20-. The fraction of sp³-hybridized carbons (Fsp3) is 0.259. The molecule has 1 unspecified atom stereocenters. The second-order valence-electron chi connectivity index (χ2n) is 9.06. The summed E-state index contributed by atoms with van der Waals surface area (Å²) in [6.07, 6.45) is 7.37. The maximum absolute atomic E-state index is 14.5. The molecule has 6 rings (SSSR count). The van der Waals surface area contributed by atoms with Gasteiger partial charge in [-0.1, -0.05) is 17.3 Å². The van der Waals surface area contributed by atoms with Gasteiger partial charge in [-0.25, -0.2) is 9.07 Å². The summed E-state index contributed by atoms with van der Waals surface area (Å²) in [6.45, 7) is 2.54. The third kappa shape index (κ3) is 4.21. The van der Waals surface area contributed by atoms with Gasteiger partial charge in [0.15, 0.2) is 0 Å². The van der Waals surface area contributed by atoms with Crippen molar-refractivity contribution < 1.29 is 5.76 Å². The smallest absolute Gasteiger partial charge is 0.127 e. The maximum atomic E-state index is 14.5. The zero-order valence-electron chi connectivity index (χ0n) is 20.4. The average molecular weight is 469 g/mol. The Morgan fingerprint density at radius 3 is 2.91 bits per heavy atom. The van der Waals surface area contributed by atoms with E-state index in [4.69, 9.17) is 1.37 Å². The molecule has 5 aromatic rings. The van der Waals surface area contributed by atoms with Crippen LogP contribution < -0.4 is 0 Å². The van der Waals surface area contributed by atoms with E-state index in [-0.39, 0.29) is 11.7 Å². The summed E-state index contributed by atoms with van der Waals surface area (Å²) in [4.78, 5) is 6.13. The Balaban J connectivity index is 1.25. The minimum atomic E-state index is -0.737. The van der Waals surface area contributed by atoms with E-state index < -0.39 is 6.52 Å². The summed E-state index contributed by atoms with van der Waals surface area (Å²) in [5, 5.41) is 17.5. The Bertz CT molecular complexity index is 1490. The van der Waals surface area contributed by atoms with Gasteiger partial charge in [0.2, 0.25) is 0 Å². The molecule has 7 nitrogen and oxygen atoms in total. The molecule has 0 aliphatic carbocycles. The van der Waals surface area contributed by atoms with E-state index in [0.717, 1.165) is 58.5 Å². The van der Waals surface area contributed by atoms with Crippen molar-refractivity contribution in [3.8, 4) is 16.9 Å². The summed E-state index contributed by atoms with van der Waals surface area (Å²) in [7, 11) is 0. The number of aromatic amines is 1. The Morgan fingerprint density at radius 2 is 2.06 bits per heavy atom. The molecule has 1 aliphatic heterocycles. The lowest BCUT2D eigenvalue weighted by atomic mass is 9.94. The Hall–Kier alpha value is -3.91. The number of pyridine rings is 1. The molecule has 4 heterocycles. The zero-order chi connectivity index (χ0) is 24.6. The zero-order valence-corrected chi connectivity index (χ0v) is 19.4. The summed E-state index contributed by atoms with van der Waals surface area (Å²) < 4.78 is 25.1. The van der Waals surface area contributed by atoms with Gasteiger partial charge in [-0.05, 0) is 68.3 Å². The van der Waals surface area contributed by atoms with Crippen LogP contribution in [-0.4, -0.2) is 48.2 Å². The second kappa shape index (κ2) is 9.03. The van der Waals surface area contributed by atoms with Crippen LogP contribution in [0.25, 0.3) is 27.8 Å². The Morgan fingerprint density at radius 1 is 1.17 bits per heavy atom. The monoisotopic (exact) mass is 468 g/mol. The Labute approximate surface area is 204 Å². The highest BCUT2D eigenvalue weighted by Crippen LogP contribution is 2.30. The van der Waals surface area contributed by atoms with Gasteiger partial charge in [0.1, 0.15) is 11.5 Å². The minimum absolute atomic E-state index is 0.137. The topological polar surface area (TPSA) is 75.5 Å². The molecule has 8 heteroatoms. The molecular formula is C27H26FN7. The number of piperidine rings is 1. The number of rotatable bonds is 5. The maximum Gasteiger partial charge on any atom is 0.127 e. The molecule has 3 aromatic heterocycles. The summed E-state index contributed by atoms with van der Waals surface area (Å²) >= 11 is 0. The molecule has 0 bridgehead atoms. The Kier molecular flexibility index (Phi) is 5.28. The summed E-state index contributed by atoms with van der Waals surface area (Å²) in [5.41, 5.74) is 5.85. The number of aryl methyl sites for hydroxylation is 1. The van der Waals surface area contributed by atoms with E-state index in [1.165, 1.54) is 6.07 Å². The molecule has 0 spiro atoms. The molecular weight excluding hydrogens is 441 g/mol. The normalized spacial score (nSPS) is 18.0. The van der Waals surface area contributed by atoms with Crippen LogP contribution in [0.1, 0.15) is 37.0 Å². The average Bonchev–Trinajstić information content (AvgIpc) is 3.57. The van der Waals surface area contributed by atoms with Crippen molar-refractivity contribution in [1.82, 2.24) is 35.1 Å². The van der Waals surface area contributed by atoms with Gasteiger partial charge < -0.3 is 0 Å². The van der Waals surface area contributed by atoms with E-state index in [9.17, 15) is 4.39 Å². The van der Waals surface area contributed by atoms with Crippen molar-refractivity contribution in [2.75, 3.05) is 13.1 Å². The molecule has 2 atom stereocenters. The van der Waals surface area contributed by atoms with Gasteiger partial charge in [0.05, 0.1) is 23.1 Å². The van der Waals surface area contributed by atoms with Crippen molar-refractivity contribution in [3.05, 3.63) is 89.8 Å². The lowest BCUT2D eigenvalue weighted by molar-refractivity contribution is 0.196. The third-order valence-corrected chi connectivity index (χ3v) is 6.73. The van der Waals surface area contributed by atoms with E-state index in [2.05, 4.69) is 31.6 Å². The number of halogens is 1. The molecule has 0 amide bonds. The molecule has 35 heavy (non-hydrogen) atoms. The predicted octanol–water partition coefficient (Wildman–Crippen LogP) is 5.03. The van der Waals surface area contributed by atoms with Gasteiger partial charge in [0, 0.05) is 49.3 Å². The molecule has 0 radical (unpaired) electrons. The summed E-state index contributed by atoms with van der Waals surface area (Å²) in [6, 6.07) is 14.9. The number of aromatic nitrogens is 6. The number of fused-ring (bicyclic) bond motifs is 1. The van der Waals surface area contributed by atoms with E-state index in [1.54, 1.807) is 23.1 Å². The number of hydrogen-bond donors (Lipinski definition) is 1. The number of likely N-dealkylation sites (tertiary alicyclic amines) is 1. The number of hydrogen-bond acceptors (Lipinski definition) is 5. The molecule has 0 saturated carbocycles. The fourth-order valence-electron chi connectivity index (χ4n) is 4.82. The first kappa shape index (κ1) is 20.5. The van der Waals surface area contributed by atoms with Crippen LogP contribution in [0.3, 0.4) is 0 Å². The van der Waals surface area contributed by atoms with Crippen molar-refractivity contribution >= 4 is 10.9 Å². The van der Waals surface area contributed by atoms with Crippen molar-refractivity contribution in [3.63, 3.8) is 0 Å². The fourth-order valence-corrected chi connectivity index (χ4v) is 4.82. The van der Waals surface area contributed by atoms with Crippen LogP contribution in [0.5, 0.6) is 0 Å². The molecule has 1 saturated heterocycles. The van der Waals surface area contributed by atoms with E-state index in [0.29, 0.717) is 12.1 Å².